The van der Waals surface area contributed by atoms with E-state index in [0.717, 1.165) is 0 Å². The molecular weight excluding hydrogens is 204 g/mol. The number of hydrogen-bond acceptors (Lipinski definition) is 5. The molecule has 14 heavy (non-hydrogen) atoms. The van der Waals surface area contributed by atoms with E-state index in [0.29, 0.717) is 13.0 Å². The molecule has 0 bridgehead atoms. The minimum atomic E-state index is -3.33. The Labute approximate surface area is 82.6 Å². The van der Waals surface area contributed by atoms with Gasteiger partial charge in [0.25, 0.3) is 0 Å². The molecule has 0 aromatic carbocycles. The van der Waals surface area contributed by atoms with E-state index < -0.39 is 10.0 Å². The molecule has 0 aliphatic carbocycles. The van der Waals surface area contributed by atoms with E-state index >= 15 is 0 Å². The Kier molecular flexibility index (Phi) is 3.78. The molecule has 0 saturated heterocycles. The van der Waals surface area contributed by atoms with Gasteiger partial charge in [-0.1, -0.05) is 0 Å². The highest BCUT2D eigenvalue weighted by Crippen LogP contribution is 2.02. The Morgan fingerprint density at radius 2 is 2.21 bits per heavy atom. The Hall–Kier alpha value is -1.21. The van der Waals surface area contributed by atoms with E-state index in [1.54, 1.807) is 0 Å². The van der Waals surface area contributed by atoms with Crippen molar-refractivity contribution in [1.82, 2.24) is 9.97 Å². The minimum Gasteiger partial charge on any atom is -0.330 e. The monoisotopic (exact) mass is 216 g/mol. The normalized spacial score (nSPS) is 11.2. The predicted molar refractivity (Wildman–Crippen MR) is 53.1 cm³/mol. The summed E-state index contributed by atoms with van der Waals surface area (Å²) in [5, 5.41) is 0. The minimum absolute atomic E-state index is 0.0000737. The van der Waals surface area contributed by atoms with Crippen molar-refractivity contribution in [3.63, 3.8) is 0 Å². The number of rotatable bonds is 5. The molecule has 1 aromatic rings. The predicted octanol–water partition coefficient (Wildman–Crippen LogP) is -0.433. The maximum absolute atomic E-state index is 11.3. The highest BCUT2D eigenvalue weighted by atomic mass is 32.2. The molecule has 0 aliphatic heterocycles. The Morgan fingerprint density at radius 1 is 1.43 bits per heavy atom. The summed E-state index contributed by atoms with van der Waals surface area (Å²) >= 11 is 0. The zero-order chi connectivity index (χ0) is 10.4. The van der Waals surface area contributed by atoms with Crippen molar-refractivity contribution in [1.29, 1.82) is 0 Å². The smallest absolute Gasteiger partial charge is 0.233 e. The zero-order valence-corrected chi connectivity index (χ0v) is 8.37. The summed E-state index contributed by atoms with van der Waals surface area (Å²) in [5.41, 5.74) is 5.21. The van der Waals surface area contributed by atoms with Crippen LogP contribution in [0.5, 0.6) is 0 Å². The van der Waals surface area contributed by atoms with E-state index in [1.807, 2.05) is 0 Å². The van der Waals surface area contributed by atoms with Crippen molar-refractivity contribution in [3.05, 3.63) is 18.6 Å². The molecule has 1 rings (SSSR count). The van der Waals surface area contributed by atoms with Gasteiger partial charge in [-0.3, -0.25) is 9.71 Å². The Morgan fingerprint density at radius 3 is 2.79 bits per heavy atom. The summed E-state index contributed by atoms with van der Waals surface area (Å²) in [6, 6.07) is 0. The van der Waals surface area contributed by atoms with Crippen molar-refractivity contribution in [2.24, 2.45) is 5.73 Å². The number of sulfonamides is 1. The third kappa shape index (κ3) is 3.67. The van der Waals surface area contributed by atoms with Gasteiger partial charge in [0.05, 0.1) is 11.9 Å². The standard InChI is InChI=1S/C7H12N4O2S/c8-2-1-5-14(12,13)11-7-6-9-3-4-10-7/h3-4,6H,1-2,5,8H2,(H,10,11). The third-order valence-corrected chi connectivity index (χ3v) is 2.79. The van der Waals surface area contributed by atoms with E-state index in [1.165, 1.54) is 18.6 Å². The SMILES string of the molecule is NCCCS(=O)(=O)Nc1cnccn1. The summed E-state index contributed by atoms with van der Waals surface area (Å²) in [4.78, 5) is 7.52. The molecule has 0 atom stereocenters. The van der Waals surface area contributed by atoms with Crippen LogP contribution in [0, 0.1) is 0 Å². The lowest BCUT2D eigenvalue weighted by molar-refractivity contribution is 0.598. The first-order valence-corrected chi connectivity index (χ1v) is 5.76. The van der Waals surface area contributed by atoms with E-state index in [2.05, 4.69) is 14.7 Å². The molecule has 0 aliphatic rings. The molecule has 0 amide bonds. The molecule has 0 radical (unpaired) electrons. The average Bonchev–Trinajstić information content (AvgIpc) is 2.16. The molecule has 0 spiro atoms. The molecule has 0 unspecified atom stereocenters. The summed E-state index contributed by atoms with van der Waals surface area (Å²) in [6.45, 7) is 0.349. The van der Waals surface area contributed by atoms with Gasteiger partial charge >= 0.3 is 0 Å². The van der Waals surface area contributed by atoms with Crippen LogP contribution in [0.25, 0.3) is 0 Å². The quantitative estimate of drug-likeness (QED) is 0.695. The number of aromatic nitrogens is 2. The first-order valence-electron chi connectivity index (χ1n) is 4.10. The summed E-state index contributed by atoms with van der Waals surface area (Å²) in [6.07, 6.45) is 4.66. The fourth-order valence-electron chi connectivity index (χ4n) is 0.836. The maximum atomic E-state index is 11.3. The first-order chi connectivity index (χ1) is 6.64. The zero-order valence-electron chi connectivity index (χ0n) is 7.55. The van der Waals surface area contributed by atoms with Crippen LogP contribution in [0.4, 0.5) is 5.82 Å². The molecule has 1 heterocycles. The molecule has 78 valence electrons. The van der Waals surface area contributed by atoms with Gasteiger partial charge in [-0.25, -0.2) is 13.4 Å². The third-order valence-electron chi connectivity index (χ3n) is 1.44. The second kappa shape index (κ2) is 4.87. The molecule has 6 nitrogen and oxygen atoms in total. The number of hydrogen-bond donors (Lipinski definition) is 2. The summed E-state index contributed by atoms with van der Waals surface area (Å²) in [5.74, 6) is 0.226. The lowest BCUT2D eigenvalue weighted by Crippen LogP contribution is -2.19. The fraction of sp³-hybridized carbons (Fsp3) is 0.429. The van der Waals surface area contributed by atoms with Crippen LogP contribution in [0.1, 0.15) is 6.42 Å². The first kappa shape index (κ1) is 10.9. The number of anilines is 1. The number of nitrogens with one attached hydrogen (secondary N) is 1. The van der Waals surface area contributed by atoms with Gasteiger partial charge in [0, 0.05) is 12.4 Å². The van der Waals surface area contributed by atoms with Crippen LogP contribution in [-0.2, 0) is 10.0 Å². The van der Waals surface area contributed by atoms with Crippen LogP contribution < -0.4 is 10.5 Å². The van der Waals surface area contributed by atoms with Crippen molar-refractivity contribution in [3.8, 4) is 0 Å². The van der Waals surface area contributed by atoms with Gasteiger partial charge in [-0.15, -0.1) is 0 Å². The lowest BCUT2D eigenvalue weighted by atomic mass is 10.5. The van der Waals surface area contributed by atoms with E-state index in [9.17, 15) is 8.42 Å². The van der Waals surface area contributed by atoms with Gasteiger partial charge in [-0.2, -0.15) is 0 Å². The Balaban J connectivity index is 2.60. The molecular formula is C7H12N4O2S. The van der Waals surface area contributed by atoms with Crippen LogP contribution in [0.3, 0.4) is 0 Å². The van der Waals surface area contributed by atoms with Crippen LogP contribution >= 0.6 is 0 Å². The topological polar surface area (TPSA) is 98.0 Å². The highest BCUT2D eigenvalue weighted by molar-refractivity contribution is 7.92. The highest BCUT2D eigenvalue weighted by Gasteiger charge is 2.09. The largest absolute Gasteiger partial charge is 0.330 e. The van der Waals surface area contributed by atoms with Crippen LogP contribution in [0.15, 0.2) is 18.6 Å². The van der Waals surface area contributed by atoms with Crippen LogP contribution in [-0.4, -0.2) is 30.7 Å². The van der Waals surface area contributed by atoms with E-state index in [-0.39, 0.29) is 11.6 Å². The molecule has 7 heteroatoms. The van der Waals surface area contributed by atoms with Gasteiger partial charge in [0.1, 0.15) is 0 Å². The Bertz CT molecular complexity index is 365. The number of nitrogens with zero attached hydrogens (tertiary/aromatic N) is 2. The summed E-state index contributed by atoms with van der Waals surface area (Å²) < 4.78 is 24.9. The lowest BCUT2D eigenvalue weighted by Gasteiger charge is -2.04. The van der Waals surface area contributed by atoms with Crippen molar-refractivity contribution >= 4 is 15.8 Å². The van der Waals surface area contributed by atoms with Crippen LogP contribution in [0.2, 0.25) is 0 Å². The number of nitrogens with two attached hydrogens (primary N) is 1. The van der Waals surface area contributed by atoms with Gasteiger partial charge in [-0.05, 0) is 13.0 Å². The van der Waals surface area contributed by atoms with Gasteiger partial charge < -0.3 is 5.73 Å². The molecule has 0 fully saturated rings. The molecule has 0 saturated carbocycles. The molecule has 1 aromatic heterocycles. The second-order valence-electron chi connectivity index (χ2n) is 2.65. The second-order valence-corrected chi connectivity index (χ2v) is 4.50. The van der Waals surface area contributed by atoms with Crippen molar-refractivity contribution in [2.75, 3.05) is 17.0 Å². The summed E-state index contributed by atoms with van der Waals surface area (Å²) in [7, 11) is -3.33. The van der Waals surface area contributed by atoms with Crippen molar-refractivity contribution < 1.29 is 8.42 Å². The maximum Gasteiger partial charge on any atom is 0.233 e. The average molecular weight is 216 g/mol. The van der Waals surface area contributed by atoms with Gasteiger partial charge in [0.15, 0.2) is 5.82 Å². The van der Waals surface area contributed by atoms with Crippen molar-refractivity contribution in [2.45, 2.75) is 6.42 Å². The van der Waals surface area contributed by atoms with Gasteiger partial charge in [0.2, 0.25) is 10.0 Å². The van der Waals surface area contributed by atoms with E-state index in [4.69, 9.17) is 5.73 Å². The fourth-order valence-corrected chi connectivity index (χ4v) is 1.91. The molecule has 3 N–H and O–H groups in total.